The van der Waals surface area contributed by atoms with E-state index in [2.05, 4.69) is 0 Å². The Labute approximate surface area is 151 Å². The maximum absolute atomic E-state index is 12.8. The number of thiophene rings is 1. The SMILES string of the molecule is O=C1CC(C(=O)N2CCC3(CC2)OCCCO3)CN1Cc1cccs1. The maximum atomic E-state index is 12.8. The van der Waals surface area contributed by atoms with Crippen LogP contribution in [0.3, 0.4) is 0 Å². The molecule has 0 aromatic carbocycles. The molecule has 0 N–H and O–H groups in total. The molecule has 0 aliphatic carbocycles. The number of nitrogens with zero attached hydrogens (tertiary/aromatic N) is 2. The summed E-state index contributed by atoms with van der Waals surface area (Å²) in [6.07, 6.45) is 2.71. The average Bonchev–Trinajstić information content (AvgIpc) is 3.26. The van der Waals surface area contributed by atoms with Gasteiger partial charge in [0, 0.05) is 43.8 Å². The fourth-order valence-corrected chi connectivity index (χ4v) is 4.63. The highest BCUT2D eigenvalue weighted by atomic mass is 32.1. The van der Waals surface area contributed by atoms with Crippen LogP contribution in [0.5, 0.6) is 0 Å². The fourth-order valence-electron chi connectivity index (χ4n) is 3.91. The highest BCUT2D eigenvalue weighted by Crippen LogP contribution is 2.32. The Morgan fingerprint density at radius 2 is 2.04 bits per heavy atom. The highest BCUT2D eigenvalue weighted by molar-refractivity contribution is 7.09. The topological polar surface area (TPSA) is 59.1 Å². The molecular weight excluding hydrogens is 340 g/mol. The number of hydrogen-bond donors (Lipinski definition) is 0. The summed E-state index contributed by atoms with van der Waals surface area (Å²) < 4.78 is 11.7. The largest absolute Gasteiger partial charge is 0.350 e. The first-order valence-electron chi connectivity index (χ1n) is 9.02. The Morgan fingerprint density at radius 3 is 2.72 bits per heavy atom. The van der Waals surface area contributed by atoms with Gasteiger partial charge in [0.2, 0.25) is 11.8 Å². The molecule has 1 atom stereocenters. The monoisotopic (exact) mass is 364 g/mol. The zero-order chi connectivity index (χ0) is 17.3. The van der Waals surface area contributed by atoms with Crippen LogP contribution in [-0.2, 0) is 25.6 Å². The fraction of sp³-hybridized carbons (Fsp3) is 0.667. The third kappa shape index (κ3) is 3.59. The van der Waals surface area contributed by atoms with Crippen LogP contribution in [0.4, 0.5) is 0 Å². The van der Waals surface area contributed by atoms with Gasteiger partial charge in [0.1, 0.15) is 0 Å². The minimum atomic E-state index is -0.480. The van der Waals surface area contributed by atoms with E-state index >= 15 is 0 Å². The van der Waals surface area contributed by atoms with Crippen molar-refractivity contribution in [3.05, 3.63) is 22.4 Å². The van der Waals surface area contributed by atoms with E-state index in [0.29, 0.717) is 32.6 Å². The zero-order valence-corrected chi connectivity index (χ0v) is 15.1. The third-order valence-corrected chi connectivity index (χ3v) is 6.21. The number of likely N-dealkylation sites (tertiary alicyclic amines) is 2. The van der Waals surface area contributed by atoms with Gasteiger partial charge < -0.3 is 19.3 Å². The predicted octanol–water partition coefficient (Wildman–Crippen LogP) is 1.85. The molecule has 1 unspecified atom stereocenters. The van der Waals surface area contributed by atoms with Crippen molar-refractivity contribution < 1.29 is 19.1 Å². The molecule has 3 aliphatic rings. The van der Waals surface area contributed by atoms with Gasteiger partial charge in [-0.1, -0.05) is 6.07 Å². The van der Waals surface area contributed by atoms with Gasteiger partial charge in [-0.15, -0.1) is 11.3 Å². The van der Waals surface area contributed by atoms with E-state index < -0.39 is 5.79 Å². The molecule has 7 heteroatoms. The normalized spacial score (nSPS) is 26.4. The van der Waals surface area contributed by atoms with E-state index in [4.69, 9.17) is 9.47 Å². The molecule has 25 heavy (non-hydrogen) atoms. The van der Waals surface area contributed by atoms with Crippen LogP contribution >= 0.6 is 11.3 Å². The van der Waals surface area contributed by atoms with Crippen LogP contribution in [0.15, 0.2) is 17.5 Å². The molecule has 3 fully saturated rings. The molecule has 0 saturated carbocycles. The van der Waals surface area contributed by atoms with Crippen LogP contribution in [-0.4, -0.2) is 60.2 Å². The number of rotatable bonds is 3. The summed E-state index contributed by atoms with van der Waals surface area (Å²) in [4.78, 5) is 30.0. The molecule has 4 rings (SSSR count). The Balaban J connectivity index is 1.32. The number of carbonyl (C=O) groups excluding carboxylic acids is 2. The van der Waals surface area contributed by atoms with Crippen molar-refractivity contribution in [1.82, 2.24) is 9.80 Å². The number of piperidine rings is 1. The van der Waals surface area contributed by atoms with Crippen LogP contribution in [0.2, 0.25) is 0 Å². The van der Waals surface area contributed by atoms with Gasteiger partial charge in [-0.05, 0) is 17.9 Å². The Hall–Kier alpha value is -1.44. The second kappa shape index (κ2) is 7.05. The second-order valence-corrected chi connectivity index (χ2v) is 8.07. The van der Waals surface area contributed by atoms with Gasteiger partial charge in [0.05, 0.1) is 25.7 Å². The number of amides is 2. The maximum Gasteiger partial charge on any atom is 0.228 e. The van der Waals surface area contributed by atoms with Crippen molar-refractivity contribution >= 4 is 23.2 Å². The first kappa shape index (κ1) is 17.0. The first-order valence-corrected chi connectivity index (χ1v) is 9.90. The molecule has 1 aromatic rings. The molecule has 0 bridgehead atoms. The van der Waals surface area contributed by atoms with Gasteiger partial charge >= 0.3 is 0 Å². The van der Waals surface area contributed by atoms with Crippen molar-refractivity contribution in [3.63, 3.8) is 0 Å². The third-order valence-electron chi connectivity index (χ3n) is 5.35. The van der Waals surface area contributed by atoms with Crippen LogP contribution in [0.1, 0.15) is 30.6 Å². The molecule has 136 valence electrons. The molecule has 2 amide bonds. The van der Waals surface area contributed by atoms with E-state index in [1.807, 2.05) is 27.3 Å². The lowest BCUT2D eigenvalue weighted by Crippen LogP contribution is -2.52. The molecule has 3 aliphatic heterocycles. The lowest BCUT2D eigenvalue weighted by atomic mass is 9.99. The lowest BCUT2D eigenvalue weighted by molar-refractivity contribution is -0.282. The molecule has 4 heterocycles. The molecular formula is C18H24N2O4S. The summed E-state index contributed by atoms with van der Waals surface area (Å²) >= 11 is 1.64. The van der Waals surface area contributed by atoms with E-state index in [0.717, 1.165) is 37.4 Å². The second-order valence-electron chi connectivity index (χ2n) is 7.04. The van der Waals surface area contributed by atoms with E-state index in [1.54, 1.807) is 11.3 Å². The van der Waals surface area contributed by atoms with Gasteiger partial charge in [0.15, 0.2) is 5.79 Å². The zero-order valence-electron chi connectivity index (χ0n) is 14.3. The van der Waals surface area contributed by atoms with Crippen molar-refractivity contribution in [2.24, 2.45) is 5.92 Å². The molecule has 1 aromatic heterocycles. The van der Waals surface area contributed by atoms with Gasteiger partial charge in [-0.2, -0.15) is 0 Å². The standard InChI is InChI=1S/C18H24N2O4S/c21-16-11-14(12-20(16)13-15-3-1-10-25-15)17(22)19-6-4-18(5-7-19)23-8-2-9-24-18/h1,3,10,14H,2,4-9,11-13H2. The summed E-state index contributed by atoms with van der Waals surface area (Å²) in [5.41, 5.74) is 0. The van der Waals surface area contributed by atoms with Gasteiger partial charge in [0.25, 0.3) is 0 Å². The minimum Gasteiger partial charge on any atom is -0.350 e. The highest BCUT2D eigenvalue weighted by Gasteiger charge is 2.42. The van der Waals surface area contributed by atoms with Crippen molar-refractivity contribution in [3.8, 4) is 0 Å². The summed E-state index contributed by atoms with van der Waals surface area (Å²) in [7, 11) is 0. The molecule has 6 nitrogen and oxygen atoms in total. The predicted molar refractivity (Wildman–Crippen MR) is 92.9 cm³/mol. The van der Waals surface area contributed by atoms with Crippen LogP contribution in [0.25, 0.3) is 0 Å². The summed E-state index contributed by atoms with van der Waals surface area (Å²) in [5.74, 6) is -0.507. The Morgan fingerprint density at radius 1 is 1.28 bits per heavy atom. The minimum absolute atomic E-state index is 0.0826. The summed E-state index contributed by atoms with van der Waals surface area (Å²) in [6, 6.07) is 4.02. The number of ether oxygens (including phenoxy) is 2. The smallest absolute Gasteiger partial charge is 0.228 e. The van der Waals surface area contributed by atoms with Crippen molar-refractivity contribution in [2.75, 3.05) is 32.8 Å². The van der Waals surface area contributed by atoms with Gasteiger partial charge in [-0.3, -0.25) is 9.59 Å². The van der Waals surface area contributed by atoms with Gasteiger partial charge in [-0.25, -0.2) is 0 Å². The first-order chi connectivity index (χ1) is 12.2. The van der Waals surface area contributed by atoms with Crippen molar-refractivity contribution in [2.45, 2.75) is 38.0 Å². The summed E-state index contributed by atoms with van der Waals surface area (Å²) in [5, 5.41) is 2.01. The lowest BCUT2D eigenvalue weighted by Gasteiger charge is -2.43. The molecule has 1 spiro atoms. The Kier molecular flexibility index (Phi) is 4.80. The molecule has 0 radical (unpaired) electrons. The van der Waals surface area contributed by atoms with E-state index in [-0.39, 0.29) is 17.7 Å². The number of carbonyl (C=O) groups is 2. The molecule has 3 saturated heterocycles. The quantitative estimate of drug-likeness (QED) is 0.821. The summed E-state index contributed by atoms with van der Waals surface area (Å²) in [6.45, 7) is 3.92. The van der Waals surface area contributed by atoms with Crippen molar-refractivity contribution in [1.29, 1.82) is 0 Å². The van der Waals surface area contributed by atoms with E-state index in [1.165, 1.54) is 0 Å². The van der Waals surface area contributed by atoms with Crippen LogP contribution in [0, 0.1) is 5.92 Å². The van der Waals surface area contributed by atoms with E-state index in [9.17, 15) is 9.59 Å². The van der Waals surface area contributed by atoms with Crippen LogP contribution < -0.4 is 0 Å². The number of hydrogen-bond acceptors (Lipinski definition) is 5. The Bertz CT molecular complexity index is 617. The average molecular weight is 364 g/mol.